The molecule has 3 heteroatoms. The highest BCUT2D eigenvalue weighted by Crippen LogP contribution is 2.23. The number of aryl methyl sites for hydroxylation is 1. The maximum Gasteiger partial charge on any atom is 0.0603 e. The first kappa shape index (κ1) is 13.3. The Morgan fingerprint density at radius 1 is 1.56 bits per heavy atom. The Labute approximate surface area is 111 Å². The molecule has 100 valence electrons. The summed E-state index contributed by atoms with van der Waals surface area (Å²) in [4.78, 5) is 6.89. The Bertz CT molecular complexity index is 378. The predicted molar refractivity (Wildman–Crippen MR) is 76.9 cm³/mol. The fourth-order valence-corrected chi connectivity index (χ4v) is 2.79. The highest BCUT2D eigenvalue weighted by atomic mass is 15.1. The second-order valence-electron chi connectivity index (χ2n) is 5.36. The van der Waals surface area contributed by atoms with Crippen LogP contribution in [0.3, 0.4) is 0 Å². The van der Waals surface area contributed by atoms with Crippen molar-refractivity contribution in [3.63, 3.8) is 0 Å². The SMILES string of the molecule is CCN1CCCC(C(C)Nc2cccnc2C)C1. The summed E-state index contributed by atoms with van der Waals surface area (Å²) in [6.45, 7) is 10.3. The molecule has 2 rings (SSSR count). The average molecular weight is 247 g/mol. The minimum absolute atomic E-state index is 0.516. The highest BCUT2D eigenvalue weighted by molar-refractivity contribution is 5.47. The predicted octanol–water partition coefficient (Wildman–Crippen LogP) is 2.92. The number of aromatic nitrogens is 1. The van der Waals surface area contributed by atoms with Crippen molar-refractivity contribution in [2.24, 2.45) is 5.92 Å². The zero-order valence-electron chi connectivity index (χ0n) is 11.8. The summed E-state index contributed by atoms with van der Waals surface area (Å²) in [6, 6.07) is 4.64. The lowest BCUT2D eigenvalue weighted by Crippen LogP contribution is -2.41. The van der Waals surface area contributed by atoms with Crippen molar-refractivity contribution >= 4 is 5.69 Å². The summed E-state index contributed by atoms with van der Waals surface area (Å²) in [7, 11) is 0. The molecule has 1 aliphatic rings. The van der Waals surface area contributed by atoms with E-state index in [1.165, 1.54) is 38.2 Å². The van der Waals surface area contributed by atoms with Gasteiger partial charge in [-0.3, -0.25) is 4.98 Å². The van der Waals surface area contributed by atoms with E-state index < -0.39 is 0 Å². The second-order valence-corrected chi connectivity index (χ2v) is 5.36. The molecular weight excluding hydrogens is 222 g/mol. The monoisotopic (exact) mass is 247 g/mol. The lowest BCUT2D eigenvalue weighted by molar-refractivity contribution is 0.172. The maximum absolute atomic E-state index is 4.34. The van der Waals surface area contributed by atoms with Crippen LogP contribution in [0, 0.1) is 12.8 Å². The number of rotatable bonds is 4. The molecule has 0 bridgehead atoms. The molecule has 1 aromatic rings. The Hall–Kier alpha value is -1.09. The standard InChI is InChI=1S/C15H25N3/c1-4-18-10-6-7-14(11-18)12(2)17-15-8-5-9-16-13(15)3/h5,8-9,12,14,17H,4,6-7,10-11H2,1-3H3. The molecule has 0 spiro atoms. The van der Waals surface area contributed by atoms with E-state index in [-0.39, 0.29) is 0 Å². The first-order valence-electron chi connectivity index (χ1n) is 7.11. The summed E-state index contributed by atoms with van der Waals surface area (Å²) in [5.74, 6) is 0.748. The highest BCUT2D eigenvalue weighted by Gasteiger charge is 2.23. The molecule has 2 unspecified atom stereocenters. The smallest absolute Gasteiger partial charge is 0.0603 e. The summed E-state index contributed by atoms with van der Waals surface area (Å²) in [5, 5.41) is 3.64. The van der Waals surface area contributed by atoms with Crippen LogP contribution >= 0.6 is 0 Å². The van der Waals surface area contributed by atoms with Crippen molar-refractivity contribution in [1.29, 1.82) is 0 Å². The van der Waals surface area contributed by atoms with Gasteiger partial charge in [0.1, 0.15) is 0 Å². The Balaban J connectivity index is 1.95. The quantitative estimate of drug-likeness (QED) is 0.886. The molecule has 1 saturated heterocycles. The third kappa shape index (κ3) is 3.22. The van der Waals surface area contributed by atoms with Gasteiger partial charge in [-0.15, -0.1) is 0 Å². The molecule has 1 aromatic heterocycles. The fraction of sp³-hybridized carbons (Fsp3) is 0.667. The molecule has 0 aliphatic carbocycles. The number of likely N-dealkylation sites (tertiary alicyclic amines) is 1. The molecule has 18 heavy (non-hydrogen) atoms. The molecule has 0 radical (unpaired) electrons. The van der Waals surface area contributed by atoms with E-state index in [1.807, 2.05) is 12.3 Å². The Morgan fingerprint density at radius 3 is 3.11 bits per heavy atom. The van der Waals surface area contributed by atoms with Gasteiger partial charge in [-0.2, -0.15) is 0 Å². The van der Waals surface area contributed by atoms with E-state index in [2.05, 4.69) is 42.0 Å². The van der Waals surface area contributed by atoms with Crippen LogP contribution < -0.4 is 5.32 Å². The van der Waals surface area contributed by atoms with Crippen LogP contribution in [-0.2, 0) is 0 Å². The van der Waals surface area contributed by atoms with Crippen LogP contribution in [0.25, 0.3) is 0 Å². The van der Waals surface area contributed by atoms with Crippen LogP contribution in [0.15, 0.2) is 18.3 Å². The minimum atomic E-state index is 0.516. The van der Waals surface area contributed by atoms with Gasteiger partial charge >= 0.3 is 0 Å². The van der Waals surface area contributed by atoms with Gasteiger partial charge in [-0.1, -0.05) is 6.92 Å². The number of hydrogen-bond acceptors (Lipinski definition) is 3. The number of hydrogen-bond donors (Lipinski definition) is 1. The summed E-state index contributed by atoms with van der Waals surface area (Å²) in [6.07, 6.45) is 4.52. The summed E-state index contributed by atoms with van der Waals surface area (Å²) >= 11 is 0. The zero-order valence-corrected chi connectivity index (χ0v) is 11.8. The zero-order chi connectivity index (χ0) is 13.0. The summed E-state index contributed by atoms with van der Waals surface area (Å²) < 4.78 is 0. The second kappa shape index (κ2) is 6.19. The molecule has 0 saturated carbocycles. The average Bonchev–Trinajstić information content (AvgIpc) is 2.41. The van der Waals surface area contributed by atoms with E-state index in [0.29, 0.717) is 6.04 Å². The first-order valence-corrected chi connectivity index (χ1v) is 7.11. The van der Waals surface area contributed by atoms with Crippen molar-refractivity contribution < 1.29 is 0 Å². The van der Waals surface area contributed by atoms with Gasteiger partial charge in [0.05, 0.1) is 11.4 Å². The van der Waals surface area contributed by atoms with Gasteiger partial charge in [0.15, 0.2) is 0 Å². The third-order valence-electron chi connectivity index (χ3n) is 4.09. The lowest BCUT2D eigenvalue weighted by Gasteiger charge is -2.35. The normalized spacial score (nSPS) is 22.7. The van der Waals surface area contributed by atoms with Crippen molar-refractivity contribution in [2.45, 2.75) is 39.7 Å². The Kier molecular flexibility index (Phi) is 4.59. The number of anilines is 1. The van der Waals surface area contributed by atoms with Crippen LogP contribution in [-0.4, -0.2) is 35.6 Å². The van der Waals surface area contributed by atoms with Gasteiger partial charge in [0.2, 0.25) is 0 Å². The van der Waals surface area contributed by atoms with Crippen molar-refractivity contribution in [1.82, 2.24) is 9.88 Å². The molecule has 2 heterocycles. The van der Waals surface area contributed by atoms with Crippen LogP contribution in [0.1, 0.15) is 32.4 Å². The van der Waals surface area contributed by atoms with E-state index in [9.17, 15) is 0 Å². The topological polar surface area (TPSA) is 28.2 Å². The van der Waals surface area contributed by atoms with Crippen LogP contribution in [0.5, 0.6) is 0 Å². The number of nitrogens with one attached hydrogen (secondary N) is 1. The minimum Gasteiger partial charge on any atom is -0.381 e. The molecule has 1 N–H and O–H groups in total. The molecule has 3 nitrogen and oxygen atoms in total. The van der Waals surface area contributed by atoms with Crippen LogP contribution in [0.4, 0.5) is 5.69 Å². The maximum atomic E-state index is 4.34. The van der Waals surface area contributed by atoms with E-state index in [1.54, 1.807) is 0 Å². The largest absolute Gasteiger partial charge is 0.381 e. The van der Waals surface area contributed by atoms with Crippen molar-refractivity contribution in [2.75, 3.05) is 25.0 Å². The molecule has 0 amide bonds. The van der Waals surface area contributed by atoms with E-state index in [4.69, 9.17) is 0 Å². The van der Waals surface area contributed by atoms with Gasteiger partial charge in [0, 0.05) is 18.8 Å². The van der Waals surface area contributed by atoms with E-state index >= 15 is 0 Å². The number of pyridine rings is 1. The number of nitrogens with zero attached hydrogens (tertiary/aromatic N) is 2. The fourth-order valence-electron chi connectivity index (χ4n) is 2.79. The van der Waals surface area contributed by atoms with Gasteiger partial charge in [-0.25, -0.2) is 0 Å². The lowest BCUT2D eigenvalue weighted by atomic mass is 9.91. The first-order chi connectivity index (χ1) is 8.70. The Morgan fingerprint density at radius 2 is 2.39 bits per heavy atom. The third-order valence-corrected chi connectivity index (χ3v) is 4.09. The van der Waals surface area contributed by atoms with Gasteiger partial charge < -0.3 is 10.2 Å². The van der Waals surface area contributed by atoms with Crippen molar-refractivity contribution in [3.05, 3.63) is 24.0 Å². The van der Waals surface area contributed by atoms with Crippen LogP contribution in [0.2, 0.25) is 0 Å². The van der Waals surface area contributed by atoms with Gasteiger partial charge in [-0.05, 0) is 57.8 Å². The molecule has 2 atom stereocenters. The molecule has 1 fully saturated rings. The number of piperidine rings is 1. The van der Waals surface area contributed by atoms with Crippen molar-refractivity contribution in [3.8, 4) is 0 Å². The molecular formula is C15H25N3. The van der Waals surface area contributed by atoms with E-state index in [0.717, 1.165) is 11.6 Å². The summed E-state index contributed by atoms with van der Waals surface area (Å²) in [5.41, 5.74) is 2.27. The molecule has 0 aromatic carbocycles. The molecule has 1 aliphatic heterocycles. The van der Waals surface area contributed by atoms with Gasteiger partial charge in [0.25, 0.3) is 0 Å².